The number of pyridine rings is 1. The lowest BCUT2D eigenvalue weighted by Gasteiger charge is -2.27. The van der Waals surface area contributed by atoms with Gasteiger partial charge in [0.15, 0.2) is 0 Å². The summed E-state index contributed by atoms with van der Waals surface area (Å²) >= 11 is 0. The molecule has 1 atom stereocenters. The van der Waals surface area contributed by atoms with E-state index in [9.17, 15) is 4.39 Å². The van der Waals surface area contributed by atoms with Gasteiger partial charge in [0.05, 0.1) is 11.9 Å². The maximum absolute atomic E-state index is 12.6. The molecule has 1 aromatic heterocycles. The summed E-state index contributed by atoms with van der Waals surface area (Å²) in [5.74, 6) is 0.460. The summed E-state index contributed by atoms with van der Waals surface area (Å²) in [6, 6.07) is 3.07. The Bertz CT molecular complexity index is 293. The molecule has 1 saturated carbocycles. The number of aromatic nitrogens is 1. The lowest BCUT2D eigenvalue weighted by molar-refractivity contribution is 0.276. The van der Waals surface area contributed by atoms with Gasteiger partial charge in [-0.25, -0.2) is 4.39 Å². The third-order valence-corrected chi connectivity index (χ3v) is 2.94. The lowest BCUT2D eigenvalue weighted by atomic mass is 9.80. The molecule has 1 heterocycles. The molecule has 1 fully saturated rings. The number of hydrogen-bond donors (Lipinski definition) is 1. The standard InChI is InChI=1S/C11H15FN2/c12-9-4-5-11(14-7-9)10(13)6-8-2-1-3-8/h4-5,7-8,10H,1-3,6,13H2. The van der Waals surface area contributed by atoms with E-state index in [1.165, 1.54) is 31.5 Å². The van der Waals surface area contributed by atoms with Gasteiger partial charge in [-0.15, -0.1) is 0 Å². The second-order valence-electron chi connectivity index (χ2n) is 4.04. The Kier molecular flexibility index (Phi) is 2.77. The molecule has 1 aliphatic rings. The summed E-state index contributed by atoms with van der Waals surface area (Å²) < 4.78 is 12.6. The van der Waals surface area contributed by atoms with E-state index in [1.54, 1.807) is 6.07 Å². The molecule has 1 aliphatic carbocycles. The molecule has 0 bridgehead atoms. The molecule has 14 heavy (non-hydrogen) atoms. The van der Waals surface area contributed by atoms with Crippen LogP contribution in [0.15, 0.2) is 18.3 Å². The fourth-order valence-electron chi connectivity index (χ4n) is 1.81. The first-order valence-corrected chi connectivity index (χ1v) is 5.13. The minimum absolute atomic E-state index is 0.0269. The van der Waals surface area contributed by atoms with Crippen molar-refractivity contribution in [3.05, 3.63) is 29.8 Å². The van der Waals surface area contributed by atoms with E-state index in [0.717, 1.165) is 18.0 Å². The van der Waals surface area contributed by atoms with E-state index in [2.05, 4.69) is 4.98 Å². The zero-order valence-corrected chi connectivity index (χ0v) is 8.12. The van der Waals surface area contributed by atoms with Crippen LogP contribution in [0.2, 0.25) is 0 Å². The van der Waals surface area contributed by atoms with Crippen molar-refractivity contribution in [2.75, 3.05) is 0 Å². The predicted molar refractivity (Wildman–Crippen MR) is 53.1 cm³/mol. The second-order valence-corrected chi connectivity index (χ2v) is 4.04. The van der Waals surface area contributed by atoms with Crippen molar-refractivity contribution >= 4 is 0 Å². The minimum Gasteiger partial charge on any atom is -0.323 e. The van der Waals surface area contributed by atoms with Crippen molar-refractivity contribution in [1.82, 2.24) is 4.98 Å². The van der Waals surface area contributed by atoms with Crippen LogP contribution in [0.3, 0.4) is 0 Å². The summed E-state index contributed by atoms with van der Waals surface area (Å²) in [6.45, 7) is 0. The molecule has 0 radical (unpaired) electrons. The van der Waals surface area contributed by atoms with Crippen LogP contribution in [0.4, 0.5) is 4.39 Å². The summed E-state index contributed by atoms with van der Waals surface area (Å²) in [7, 11) is 0. The highest BCUT2D eigenvalue weighted by Gasteiger charge is 2.21. The smallest absolute Gasteiger partial charge is 0.141 e. The Hall–Kier alpha value is -0.960. The summed E-state index contributed by atoms with van der Waals surface area (Å²) in [5.41, 5.74) is 6.77. The number of hydrogen-bond acceptors (Lipinski definition) is 2. The Labute approximate surface area is 83.3 Å². The highest BCUT2D eigenvalue weighted by molar-refractivity contribution is 5.09. The molecule has 2 rings (SSSR count). The number of nitrogens with two attached hydrogens (primary N) is 1. The van der Waals surface area contributed by atoms with Crippen LogP contribution in [0.1, 0.15) is 37.4 Å². The van der Waals surface area contributed by atoms with Gasteiger partial charge in [0.25, 0.3) is 0 Å². The third-order valence-electron chi connectivity index (χ3n) is 2.94. The molecule has 2 nitrogen and oxygen atoms in total. The van der Waals surface area contributed by atoms with Gasteiger partial charge in [-0.3, -0.25) is 4.98 Å². The van der Waals surface area contributed by atoms with Gasteiger partial charge in [-0.2, -0.15) is 0 Å². The van der Waals surface area contributed by atoms with Crippen molar-refractivity contribution in [3.63, 3.8) is 0 Å². The fourth-order valence-corrected chi connectivity index (χ4v) is 1.81. The predicted octanol–water partition coefficient (Wildman–Crippen LogP) is 2.41. The average molecular weight is 194 g/mol. The Morgan fingerprint density at radius 3 is 2.79 bits per heavy atom. The van der Waals surface area contributed by atoms with Crippen LogP contribution in [0.5, 0.6) is 0 Å². The van der Waals surface area contributed by atoms with Crippen molar-refractivity contribution in [2.45, 2.75) is 31.7 Å². The van der Waals surface area contributed by atoms with Gasteiger partial charge < -0.3 is 5.73 Å². The minimum atomic E-state index is -0.301. The zero-order chi connectivity index (χ0) is 9.97. The van der Waals surface area contributed by atoms with Gasteiger partial charge in [0, 0.05) is 6.04 Å². The topological polar surface area (TPSA) is 38.9 Å². The van der Waals surface area contributed by atoms with Crippen molar-refractivity contribution in [3.8, 4) is 0 Å². The largest absolute Gasteiger partial charge is 0.323 e. The maximum Gasteiger partial charge on any atom is 0.141 e. The van der Waals surface area contributed by atoms with E-state index >= 15 is 0 Å². The first-order chi connectivity index (χ1) is 6.75. The molecular weight excluding hydrogens is 179 g/mol. The van der Waals surface area contributed by atoms with Crippen molar-refractivity contribution in [2.24, 2.45) is 11.7 Å². The highest BCUT2D eigenvalue weighted by atomic mass is 19.1. The van der Waals surface area contributed by atoms with Crippen LogP contribution >= 0.6 is 0 Å². The Balaban J connectivity index is 1.95. The third kappa shape index (κ3) is 2.10. The molecule has 0 amide bonds. The van der Waals surface area contributed by atoms with Gasteiger partial charge in [0.2, 0.25) is 0 Å². The summed E-state index contributed by atoms with van der Waals surface area (Å²) in [6.07, 6.45) is 6.12. The lowest BCUT2D eigenvalue weighted by Crippen LogP contribution is -2.20. The molecule has 1 unspecified atom stereocenters. The van der Waals surface area contributed by atoms with Crippen molar-refractivity contribution in [1.29, 1.82) is 0 Å². The van der Waals surface area contributed by atoms with E-state index in [0.29, 0.717) is 0 Å². The number of rotatable bonds is 3. The van der Waals surface area contributed by atoms with Gasteiger partial charge in [-0.05, 0) is 24.5 Å². The average Bonchev–Trinajstić information content (AvgIpc) is 2.12. The van der Waals surface area contributed by atoms with Crippen LogP contribution < -0.4 is 5.73 Å². The van der Waals surface area contributed by atoms with Crippen molar-refractivity contribution < 1.29 is 4.39 Å². The molecule has 1 aromatic rings. The molecule has 0 spiro atoms. The molecular formula is C11H15FN2. The molecule has 0 aliphatic heterocycles. The van der Waals surface area contributed by atoms with Gasteiger partial charge in [-0.1, -0.05) is 19.3 Å². The monoisotopic (exact) mass is 194 g/mol. The second kappa shape index (κ2) is 4.05. The molecule has 2 N–H and O–H groups in total. The van der Waals surface area contributed by atoms with Crippen LogP contribution in [-0.2, 0) is 0 Å². The number of nitrogens with zero attached hydrogens (tertiary/aromatic N) is 1. The highest BCUT2D eigenvalue weighted by Crippen LogP contribution is 2.33. The molecule has 3 heteroatoms. The zero-order valence-electron chi connectivity index (χ0n) is 8.12. The summed E-state index contributed by atoms with van der Waals surface area (Å²) in [5, 5.41) is 0. The first kappa shape index (κ1) is 9.59. The molecule has 0 saturated heterocycles. The molecule has 0 aromatic carbocycles. The Morgan fingerprint density at radius 2 is 2.29 bits per heavy atom. The maximum atomic E-state index is 12.6. The fraction of sp³-hybridized carbons (Fsp3) is 0.545. The molecule has 76 valence electrons. The van der Waals surface area contributed by atoms with Crippen LogP contribution in [-0.4, -0.2) is 4.98 Å². The Morgan fingerprint density at radius 1 is 1.50 bits per heavy atom. The quantitative estimate of drug-likeness (QED) is 0.802. The van der Waals surface area contributed by atoms with Crippen LogP contribution in [0, 0.1) is 11.7 Å². The van der Waals surface area contributed by atoms with Gasteiger partial charge >= 0.3 is 0 Å². The normalized spacial score (nSPS) is 19.0. The van der Waals surface area contributed by atoms with E-state index in [-0.39, 0.29) is 11.9 Å². The van der Waals surface area contributed by atoms with E-state index in [4.69, 9.17) is 5.73 Å². The van der Waals surface area contributed by atoms with Gasteiger partial charge in [0.1, 0.15) is 5.82 Å². The first-order valence-electron chi connectivity index (χ1n) is 5.13. The van der Waals surface area contributed by atoms with E-state index in [1.807, 2.05) is 0 Å². The van der Waals surface area contributed by atoms with E-state index < -0.39 is 0 Å². The van der Waals surface area contributed by atoms with Crippen LogP contribution in [0.25, 0.3) is 0 Å². The SMILES string of the molecule is NC(CC1CCC1)c1ccc(F)cn1. The summed E-state index contributed by atoms with van der Waals surface area (Å²) in [4.78, 5) is 3.99. The number of halogens is 1.